The van der Waals surface area contributed by atoms with Crippen LogP contribution in [0.25, 0.3) is 33.6 Å². The molecule has 0 amide bonds. The Labute approximate surface area is 288 Å². The van der Waals surface area contributed by atoms with Crippen LogP contribution in [0.15, 0.2) is 146 Å². The number of para-hydroxylation sites is 2. The van der Waals surface area contributed by atoms with Crippen LogP contribution in [0.2, 0.25) is 0 Å². The Bertz CT molecular complexity index is 2160. The van der Waals surface area contributed by atoms with Crippen LogP contribution in [0.1, 0.15) is 5.56 Å². The van der Waals surface area contributed by atoms with Gasteiger partial charge in [0.05, 0.1) is 0 Å². The summed E-state index contributed by atoms with van der Waals surface area (Å²) < 4.78 is 12.8. The van der Waals surface area contributed by atoms with E-state index >= 15 is 0 Å². The molecule has 5 aromatic carbocycles. The fraction of sp³-hybridized carbons (Fsp3) is 0.0244. The van der Waals surface area contributed by atoms with Crippen molar-refractivity contribution in [2.45, 2.75) is 6.92 Å². The number of fused-ring (bicyclic) bond motifs is 4. The van der Waals surface area contributed by atoms with E-state index < -0.39 is 0 Å². The van der Waals surface area contributed by atoms with E-state index in [1.807, 2.05) is 104 Å². The summed E-state index contributed by atoms with van der Waals surface area (Å²) in [4.78, 5) is 9.01. The van der Waals surface area contributed by atoms with Gasteiger partial charge in [-0.2, -0.15) is 0 Å². The molecule has 0 bridgehead atoms. The first-order valence-corrected chi connectivity index (χ1v) is 15.3. The maximum absolute atomic E-state index is 6.52. The summed E-state index contributed by atoms with van der Waals surface area (Å²) in [7, 11) is 0. The van der Waals surface area contributed by atoms with E-state index in [-0.39, 0.29) is 26.8 Å². The number of pyridine rings is 2. The number of benzene rings is 5. The molecule has 4 nitrogen and oxygen atoms in total. The van der Waals surface area contributed by atoms with Gasteiger partial charge in [0, 0.05) is 44.0 Å². The maximum atomic E-state index is 6.52. The van der Waals surface area contributed by atoms with Gasteiger partial charge in [0.2, 0.25) is 6.71 Å². The first-order valence-electron chi connectivity index (χ1n) is 15.3. The SMILES string of the molecule is Cc1ccc(-c2[c-]cccc2)nc1.[Ir].[c-]1cc2c3c(c1-c1cc(-c4ccccc4)ccn1)Oc1ccccc1B3c1ccccc1O2. The van der Waals surface area contributed by atoms with Crippen molar-refractivity contribution < 1.29 is 29.6 Å². The van der Waals surface area contributed by atoms with Gasteiger partial charge in [-0.3, -0.25) is 0 Å². The van der Waals surface area contributed by atoms with Gasteiger partial charge in [-0.05, 0) is 64.1 Å². The first-order chi connectivity index (χ1) is 22.7. The van der Waals surface area contributed by atoms with E-state index in [9.17, 15) is 0 Å². The van der Waals surface area contributed by atoms with Crippen LogP contribution in [0.4, 0.5) is 0 Å². The van der Waals surface area contributed by atoms with Crippen LogP contribution in [0, 0.1) is 19.1 Å². The molecule has 227 valence electrons. The normalized spacial score (nSPS) is 11.6. The smallest absolute Gasteiger partial charge is 0.239 e. The molecule has 6 heteroatoms. The summed E-state index contributed by atoms with van der Waals surface area (Å²) >= 11 is 0. The second-order valence-electron chi connectivity index (χ2n) is 11.3. The second kappa shape index (κ2) is 13.2. The van der Waals surface area contributed by atoms with Crippen LogP contribution in [0.3, 0.4) is 0 Å². The van der Waals surface area contributed by atoms with Crippen LogP contribution >= 0.6 is 0 Å². The molecule has 4 heterocycles. The molecule has 0 saturated heterocycles. The van der Waals surface area contributed by atoms with Gasteiger partial charge < -0.3 is 19.4 Å². The Kier molecular flexibility index (Phi) is 8.54. The Morgan fingerprint density at radius 2 is 1.34 bits per heavy atom. The maximum Gasteiger partial charge on any atom is 0.239 e. The molecule has 7 aromatic rings. The molecule has 2 aliphatic heterocycles. The number of aromatic nitrogens is 2. The third-order valence-electron chi connectivity index (χ3n) is 8.28. The van der Waals surface area contributed by atoms with Gasteiger partial charge in [0.1, 0.15) is 11.5 Å². The summed E-state index contributed by atoms with van der Waals surface area (Å²) in [5.74, 6) is 3.29. The van der Waals surface area contributed by atoms with Crippen molar-refractivity contribution in [3.8, 4) is 56.6 Å². The summed E-state index contributed by atoms with van der Waals surface area (Å²) in [5, 5.41) is 0. The zero-order valence-corrected chi connectivity index (χ0v) is 27.9. The zero-order chi connectivity index (χ0) is 30.9. The van der Waals surface area contributed by atoms with E-state index in [1.54, 1.807) is 0 Å². The predicted octanol–water partition coefficient (Wildman–Crippen LogP) is 7.80. The first kappa shape index (κ1) is 30.4. The number of hydrogen-bond donors (Lipinski definition) is 0. The number of nitrogens with zero attached hydrogens (tertiary/aromatic N) is 2. The van der Waals surface area contributed by atoms with Gasteiger partial charge in [-0.1, -0.05) is 96.0 Å². The number of hydrogen-bond acceptors (Lipinski definition) is 4. The van der Waals surface area contributed by atoms with Crippen LogP contribution in [0.5, 0.6) is 23.0 Å². The van der Waals surface area contributed by atoms with E-state index in [4.69, 9.17) is 14.5 Å². The van der Waals surface area contributed by atoms with Crippen molar-refractivity contribution in [2.75, 3.05) is 0 Å². The van der Waals surface area contributed by atoms with E-state index in [2.05, 4.69) is 65.6 Å². The zero-order valence-electron chi connectivity index (χ0n) is 25.5. The van der Waals surface area contributed by atoms with Crippen molar-refractivity contribution in [2.24, 2.45) is 0 Å². The number of rotatable bonds is 3. The van der Waals surface area contributed by atoms with Gasteiger partial charge >= 0.3 is 0 Å². The van der Waals surface area contributed by atoms with Crippen molar-refractivity contribution in [1.82, 2.24) is 9.97 Å². The van der Waals surface area contributed by atoms with Gasteiger partial charge in [0.25, 0.3) is 0 Å². The van der Waals surface area contributed by atoms with Crippen LogP contribution < -0.4 is 25.9 Å². The van der Waals surface area contributed by atoms with Crippen molar-refractivity contribution in [3.05, 3.63) is 164 Å². The molecule has 0 atom stereocenters. The molecular weight excluding hydrogens is 755 g/mol. The summed E-state index contributed by atoms with van der Waals surface area (Å²) in [6.45, 7) is 2.07. The van der Waals surface area contributed by atoms with E-state index in [0.29, 0.717) is 0 Å². The Hall–Kier alpha value is -5.29. The summed E-state index contributed by atoms with van der Waals surface area (Å²) in [5.41, 5.74) is 10.4. The third-order valence-corrected chi connectivity index (χ3v) is 8.28. The molecule has 2 aromatic heterocycles. The molecule has 0 aliphatic carbocycles. The van der Waals surface area contributed by atoms with E-state index in [0.717, 1.165) is 73.0 Å². The third kappa shape index (κ3) is 5.90. The average Bonchev–Trinajstić information content (AvgIpc) is 3.13. The average molecular weight is 783 g/mol. The molecule has 0 N–H and O–H groups in total. The summed E-state index contributed by atoms with van der Waals surface area (Å²) in [6, 6.07) is 51.3. The van der Waals surface area contributed by atoms with Crippen LogP contribution in [-0.4, -0.2) is 16.7 Å². The quantitative estimate of drug-likeness (QED) is 0.136. The number of aryl methyl sites for hydroxylation is 1. The predicted molar refractivity (Wildman–Crippen MR) is 185 cm³/mol. The largest absolute Gasteiger partial charge is 0.503 e. The Balaban J connectivity index is 0.000000212. The van der Waals surface area contributed by atoms with E-state index in [1.165, 1.54) is 5.56 Å². The van der Waals surface area contributed by atoms with Gasteiger partial charge in [-0.15, -0.1) is 48.0 Å². The Morgan fingerprint density at radius 1 is 0.617 bits per heavy atom. The molecule has 2 aliphatic rings. The van der Waals surface area contributed by atoms with Crippen molar-refractivity contribution in [1.29, 1.82) is 0 Å². The Morgan fingerprint density at radius 3 is 2.06 bits per heavy atom. The minimum absolute atomic E-state index is 0. The molecule has 0 unspecified atom stereocenters. The molecule has 0 spiro atoms. The fourth-order valence-electron chi connectivity index (χ4n) is 6.07. The second-order valence-corrected chi connectivity index (χ2v) is 11.3. The molecule has 1 radical (unpaired) electrons. The molecule has 0 fully saturated rings. The van der Waals surface area contributed by atoms with Gasteiger partial charge in [-0.25, -0.2) is 0 Å². The standard InChI is InChI=1S/C29H17BNO2.C12H10N.Ir/c1-2-8-19(9-3-1)20-16-17-31-24(18-20)21-14-15-27-28-29(21)33-26-13-7-5-11-23(26)30(28)22-10-4-6-12-25(22)32-27;1-10-7-8-12(13-9-10)11-5-3-2-4-6-11;/h1-13,15-18H;2-5,7-9H,1H3;/q2*-1;. The fourth-order valence-corrected chi connectivity index (χ4v) is 6.07. The molecule has 47 heavy (non-hydrogen) atoms. The van der Waals surface area contributed by atoms with Crippen LogP contribution in [-0.2, 0) is 20.1 Å². The monoisotopic (exact) mass is 783 g/mol. The molecular formula is C41H27BIrN2O2-2. The topological polar surface area (TPSA) is 44.2 Å². The van der Waals surface area contributed by atoms with Crippen molar-refractivity contribution >= 4 is 23.1 Å². The minimum atomic E-state index is 0. The number of ether oxygens (including phenoxy) is 2. The van der Waals surface area contributed by atoms with Gasteiger partial charge in [0.15, 0.2) is 0 Å². The minimum Gasteiger partial charge on any atom is -0.503 e. The van der Waals surface area contributed by atoms with Crippen molar-refractivity contribution in [3.63, 3.8) is 0 Å². The molecule has 9 rings (SSSR count). The molecule has 0 saturated carbocycles. The summed E-state index contributed by atoms with van der Waals surface area (Å²) in [6.07, 6.45) is 3.72.